The Balaban J connectivity index is 2.22. The van der Waals surface area contributed by atoms with Crippen LogP contribution < -0.4 is 0 Å². The van der Waals surface area contributed by atoms with E-state index in [0.717, 1.165) is 11.0 Å². The predicted octanol–water partition coefficient (Wildman–Crippen LogP) is 3.25. The standard InChI is InChI=1S/C9H5ClN2O/c10-9(11-12-9)8-5-6-3-1-2-4-7(6)13-8/h1-5H. The van der Waals surface area contributed by atoms with Gasteiger partial charge in [-0.25, -0.2) is 0 Å². The van der Waals surface area contributed by atoms with Gasteiger partial charge in [0, 0.05) is 5.39 Å². The van der Waals surface area contributed by atoms with Crippen LogP contribution in [0.1, 0.15) is 5.76 Å². The lowest BCUT2D eigenvalue weighted by Crippen LogP contribution is -1.93. The molecule has 2 heterocycles. The lowest BCUT2D eigenvalue weighted by atomic mass is 10.2. The van der Waals surface area contributed by atoms with Crippen molar-refractivity contribution in [1.82, 2.24) is 0 Å². The van der Waals surface area contributed by atoms with Gasteiger partial charge in [0.15, 0.2) is 5.76 Å². The molecule has 0 saturated heterocycles. The van der Waals surface area contributed by atoms with Gasteiger partial charge in [0.05, 0.1) is 0 Å². The number of rotatable bonds is 1. The van der Waals surface area contributed by atoms with Crippen molar-refractivity contribution in [2.75, 3.05) is 0 Å². The maximum Gasteiger partial charge on any atom is 0.320 e. The van der Waals surface area contributed by atoms with Crippen LogP contribution in [0.5, 0.6) is 0 Å². The fourth-order valence-electron chi connectivity index (χ4n) is 1.28. The number of halogens is 1. The zero-order valence-corrected chi connectivity index (χ0v) is 7.32. The summed E-state index contributed by atoms with van der Waals surface area (Å²) in [6, 6.07) is 9.58. The van der Waals surface area contributed by atoms with E-state index in [-0.39, 0.29) is 0 Å². The summed E-state index contributed by atoms with van der Waals surface area (Å²) in [5.41, 5.74) is 0.815. The number of para-hydroxylation sites is 1. The van der Waals surface area contributed by atoms with E-state index in [1.54, 1.807) is 0 Å². The largest absolute Gasteiger partial charge is 0.455 e. The van der Waals surface area contributed by atoms with Gasteiger partial charge in [-0.1, -0.05) is 29.8 Å². The number of benzene rings is 1. The van der Waals surface area contributed by atoms with Gasteiger partial charge in [-0.3, -0.25) is 0 Å². The number of furan rings is 1. The first-order valence-electron chi connectivity index (χ1n) is 3.90. The van der Waals surface area contributed by atoms with Gasteiger partial charge in [0.25, 0.3) is 0 Å². The Morgan fingerprint density at radius 2 is 2.00 bits per heavy atom. The van der Waals surface area contributed by atoms with E-state index in [1.807, 2.05) is 30.3 Å². The van der Waals surface area contributed by atoms with E-state index in [0.29, 0.717) is 5.76 Å². The molecule has 3 nitrogen and oxygen atoms in total. The van der Waals surface area contributed by atoms with Crippen molar-refractivity contribution in [3.8, 4) is 0 Å². The topological polar surface area (TPSA) is 37.9 Å². The monoisotopic (exact) mass is 192 g/mol. The van der Waals surface area contributed by atoms with Crippen molar-refractivity contribution >= 4 is 22.6 Å². The molecule has 3 rings (SSSR count). The van der Waals surface area contributed by atoms with Gasteiger partial charge in [0.2, 0.25) is 0 Å². The maximum atomic E-state index is 5.91. The maximum absolute atomic E-state index is 5.91. The predicted molar refractivity (Wildman–Crippen MR) is 48.6 cm³/mol. The Morgan fingerprint density at radius 3 is 2.69 bits per heavy atom. The molecule has 1 aromatic carbocycles. The first-order chi connectivity index (χ1) is 6.28. The highest BCUT2D eigenvalue weighted by Crippen LogP contribution is 2.45. The van der Waals surface area contributed by atoms with Crippen LogP contribution in [0.25, 0.3) is 11.0 Å². The first kappa shape index (κ1) is 7.09. The molecule has 0 amide bonds. The van der Waals surface area contributed by atoms with Crippen molar-refractivity contribution in [2.45, 2.75) is 5.12 Å². The van der Waals surface area contributed by atoms with E-state index in [9.17, 15) is 0 Å². The summed E-state index contributed by atoms with van der Waals surface area (Å²) in [6.45, 7) is 0. The SMILES string of the molecule is ClC1(c2cc3ccccc3o2)N=N1. The van der Waals surface area contributed by atoms with Crippen molar-refractivity contribution in [3.63, 3.8) is 0 Å². The number of nitrogens with zero attached hydrogens (tertiary/aromatic N) is 2. The van der Waals surface area contributed by atoms with E-state index < -0.39 is 5.12 Å². The second kappa shape index (κ2) is 2.12. The zero-order valence-electron chi connectivity index (χ0n) is 6.57. The summed E-state index contributed by atoms with van der Waals surface area (Å²) in [7, 11) is 0. The molecule has 13 heavy (non-hydrogen) atoms. The molecule has 0 fully saturated rings. The molecule has 0 radical (unpaired) electrons. The number of alkyl halides is 1. The molecule has 64 valence electrons. The molecule has 0 spiro atoms. The minimum absolute atomic E-state index is 0.593. The highest BCUT2D eigenvalue weighted by atomic mass is 35.5. The van der Waals surface area contributed by atoms with Crippen LogP contribution >= 0.6 is 11.6 Å². The minimum atomic E-state index is -0.932. The van der Waals surface area contributed by atoms with Gasteiger partial charge < -0.3 is 4.42 Å². The second-order valence-electron chi connectivity index (χ2n) is 2.94. The summed E-state index contributed by atoms with van der Waals surface area (Å²) in [5.74, 6) is 0.593. The Kier molecular flexibility index (Phi) is 1.15. The molecule has 4 heteroatoms. The van der Waals surface area contributed by atoms with Crippen molar-refractivity contribution in [3.05, 3.63) is 36.1 Å². The molecule has 1 aliphatic rings. The quantitative estimate of drug-likeness (QED) is 0.505. The van der Waals surface area contributed by atoms with E-state index in [2.05, 4.69) is 10.2 Å². The van der Waals surface area contributed by atoms with E-state index >= 15 is 0 Å². The normalized spacial score (nSPS) is 17.9. The summed E-state index contributed by atoms with van der Waals surface area (Å²) in [6.07, 6.45) is 0. The van der Waals surface area contributed by atoms with Crippen LogP contribution in [0.2, 0.25) is 0 Å². The molecular weight excluding hydrogens is 188 g/mol. The Bertz CT molecular complexity index is 464. The molecule has 0 aliphatic carbocycles. The summed E-state index contributed by atoms with van der Waals surface area (Å²) in [5, 5.41) is 7.48. The van der Waals surface area contributed by atoms with Gasteiger partial charge in [-0.2, -0.15) is 0 Å². The fourth-order valence-corrected chi connectivity index (χ4v) is 1.41. The Labute approximate surface area is 79.0 Å². The van der Waals surface area contributed by atoms with Gasteiger partial charge in [0.1, 0.15) is 5.58 Å². The van der Waals surface area contributed by atoms with Crippen LogP contribution in [-0.2, 0) is 5.12 Å². The average Bonchev–Trinajstić information content (AvgIpc) is 2.76. The van der Waals surface area contributed by atoms with Crippen LogP contribution in [0.4, 0.5) is 0 Å². The van der Waals surface area contributed by atoms with Gasteiger partial charge in [-0.05, 0) is 12.1 Å². The molecule has 0 bridgehead atoms. The summed E-state index contributed by atoms with van der Waals surface area (Å²) in [4.78, 5) is 0. The van der Waals surface area contributed by atoms with Crippen molar-refractivity contribution in [1.29, 1.82) is 0 Å². The fraction of sp³-hybridized carbons (Fsp3) is 0.111. The Morgan fingerprint density at radius 1 is 1.23 bits per heavy atom. The van der Waals surface area contributed by atoms with Gasteiger partial charge in [-0.15, -0.1) is 10.2 Å². The number of hydrogen-bond donors (Lipinski definition) is 0. The highest BCUT2D eigenvalue weighted by molar-refractivity contribution is 6.24. The number of hydrogen-bond acceptors (Lipinski definition) is 3. The molecule has 1 aliphatic heterocycles. The van der Waals surface area contributed by atoms with Crippen molar-refractivity contribution < 1.29 is 4.42 Å². The third kappa shape index (κ3) is 0.971. The molecular formula is C9H5ClN2O. The van der Waals surface area contributed by atoms with E-state index in [4.69, 9.17) is 16.0 Å². The zero-order chi connectivity index (χ0) is 8.89. The lowest BCUT2D eigenvalue weighted by molar-refractivity contribution is 0.527. The minimum Gasteiger partial charge on any atom is -0.455 e. The second-order valence-corrected chi connectivity index (χ2v) is 3.46. The smallest absolute Gasteiger partial charge is 0.320 e. The van der Waals surface area contributed by atoms with Crippen LogP contribution in [-0.4, -0.2) is 0 Å². The third-order valence-corrected chi connectivity index (χ3v) is 2.35. The molecule has 0 N–H and O–H groups in total. The molecule has 0 unspecified atom stereocenters. The highest BCUT2D eigenvalue weighted by Gasteiger charge is 2.43. The number of fused-ring (bicyclic) bond motifs is 1. The lowest BCUT2D eigenvalue weighted by Gasteiger charge is -1.92. The van der Waals surface area contributed by atoms with E-state index in [1.165, 1.54) is 0 Å². The molecule has 2 aromatic rings. The average molecular weight is 193 g/mol. The Hall–Kier alpha value is -1.35. The van der Waals surface area contributed by atoms with Crippen molar-refractivity contribution in [2.24, 2.45) is 10.2 Å². The van der Waals surface area contributed by atoms with Gasteiger partial charge >= 0.3 is 5.12 Å². The first-order valence-corrected chi connectivity index (χ1v) is 4.28. The van der Waals surface area contributed by atoms with Crippen LogP contribution in [0.15, 0.2) is 45.0 Å². The van der Waals surface area contributed by atoms with Crippen LogP contribution in [0, 0.1) is 0 Å². The molecule has 0 atom stereocenters. The van der Waals surface area contributed by atoms with Crippen LogP contribution in [0.3, 0.4) is 0 Å². The third-order valence-electron chi connectivity index (χ3n) is 2.01. The molecule has 0 saturated carbocycles. The summed E-state index contributed by atoms with van der Waals surface area (Å²) >= 11 is 5.91. The summed E-state index contributed by atoms with van der Waals surface area (Å²) < 4.78 is 5.48. The molecule has 1 aromatic heterocycles.